The highest BCUT2D eigenvalue weighted by molar-refractivity contribution is 6.03. The van der Waals surface area contributed by atoms with Gasteiger partial charge in [0, 0.05) is 25.3 Å². The number of unbranched alkanes of at least 4 members (excludes halogenated alkanes) is 1. The molecule has 1 N–H and O–H groups in total. The largest absolute Gasteiger partial charge is 0.457 e. The number of anilines is 2. The number of ether oxygens (including phenoxy) is 1. The van der Waals surface area contributed by atoms with Gasteiger partial charge in [-0.15, -0.1) is 0 Å². The van der Waals surface area contributed by atoms with Crippen LogP contribution in [-0.4, -0.2) is 29.5 Å². The summed E-state index contributed by atoms with van der Waals surface area (Å²) in [5, 5.41) is 2.86. The zero-order chi connectivity index (χ0) is 19.8. The van der Waals surface area contributed by atoms with E-state index in [0.29, 0.717) is 17.1 Å². The SMILES string of the molecule is CCCCN(C)c1cc(C(=O)Nc2ccc(Oc3ccccc3)cc2)ncn1. The van der Waals surface area contributed by atoms with Crippen molar-refractivity contribution in [1.82, 2.24) is 9.97 Å². The fourth-order valence-electron chi connectivity index (χ4n) is 2.62. The van der Waals surface area contributed by atoms with Gasteiger partial charge in [0.05, 0.1) is 0 Å². The Morgan fingerprint density at radius 3 is 2.46 bits per heavy atom. The smallest absolute Gasteiger partial charge is 0.274 e. The molecule has 0 fully saturated rings. The van der Waals surface area contributed by atoms with E-state index in [4.69, 9.17) is 4.74 Å². The molecule has 0 spiro atoms. The minimum absolute atomic E-state index is 0.274. The molecule has 1 amide bonds. The molecule has 6 nitrogen and oxygen atoms in total. The summed E-state index contributed by atoms with van der Waals surface area (Å²) >= 11 is 0. The van der Waals surface area contributed by atoms with Crippen LogP contribution in [0.4, 0.5) is 11.5 Å². The molecular weight excluding hydrogens is 352 g/mol. The summed E-state index contributed by atoms with van der Waals surface area (Å²) < 4.78 is 5.76. The Kier molecular flexibility index (Phi) is 6.57. The molecule has 2 aromatic carbocycles. The average Bonchev–Trinajstić information content (AvgIpc) is 2.74. The van der Waals surface area contributed by atoms with Gasteiger partial charge in [-0.1, -0.05) is 31.5 Å². The van der Waals surface area contributed by atoms with Crippen LogP contribution in [0.5, 0.6) is 11.5 Å². The maximum atomic E-state index is 12.5. The van der Waals surface area contributed by atoms with E-state index < -0.39 is 0 Å². The van der Waals surface area contributed by atoms with E-state index in [1.807, 2.05) is 54.4 Å². The van der Waals surface area contributed by atoms with E-state index in [1.54, 1.807) is 18.2 Å². The van der Waals surface area contributed by atoms with Crippen LogP contribution in [0, 0.1) is 0 Å². The number of carbonyl (C=O) groups excluding carboxylic acids is 1. The van der Waals surface area contributed by atoms with Crippen molar-refractivity contribution in [3.63, 3.8) is 0 Å². The summed E-state index contributed by atoms with van der Waals surface area (Å²) in [5.74, 6) is 1.93. The van der Waals surface area contributed by atoms with E-state index in [9.17, 15) is 4.79 Å². The Morgan fingerprint density at radius 1 is 1.04 bits per heavy atom. The Balaban J connectivity index is 1.63. The van der Waals surface area contributed by atoms with Gasteiger partial charge in [0.1, 0.15) is 29.3 Å². The summed E-state index contributed by atoms with van der Waals surface area (Å²) in [6.07, 6.45) is 3.59. The lowest BCUT2D eigenvalue weighted by atomic mass is 10.2. The molecule has 0 saturated carbocycles. The van der Waals surface area contributed by atoms with Gasteiger partial charge in [0.2, 0.25) is 0 Å². The van der Waals surface area contributed by atoms with Gasteiger partial charge in [-0.25, -0.2) is 9.97 Å². The van der Waals surface area contributed by atoms with Gasteiger partial charge >= 0.3 is 0 Å². The molecule has 0 atom stereocenters. The lowest BCUT2D eigenvalue weighted by molar-refractivity contribution is 0.102. The van der Waals surface area contributed by atoms with Gasteiger partial charge in [0.15, 0.2) is 0 Å². The third-order valence-electron chi connectivity index (χ3n) is 4.21. The molecule has 0 radical (unpaired) electrons. The van der Waals surface area contributed by atoms with Gasteiger partial charge in [-0.3, -0.25) is 4.79 Å². The maximum absolute atomic E-state index is 12.5. The zero-order valence-corrected chi connectivity index (χ0v) is 16.1. The highest BCUT2D eigenvalue weighted by Crippen LogP contribution is 2.23. The number of amides is 1. The molecule has 28 heavy (non-hydrogen) atoms. The van der Waals surface area contributed by atoms with Crippen molar-refractivity contribution in [2.45, 2.75) is 19.8 Å². The molecule has 0 aliphatic rings. The number of hydrogen-bond donors (Lipinski definition) is 1. The minimum atomic E-state index is -0.274. The second-order valence-electron chi connectivity index (χ2n) is 6.43. The number of aromatic nitrogens is 2. The lowest BCUT2D eigenvalue weighted by Gasteiger charge is -2.17. The molecule has 1 aromatic heterocycles. The summed E-state index contributed by atoms with van der Waals surface area (Å²) in [6, 6.07) is 18.5. The van der Waals surface area contributed by atoms with Crippen LogP contribution in [0.25, 0.3) is 0 Å². The number of rotatable bonds is 8. The number of hydrogen-bond acceptors (Lipinski definition) is 5. The predicted octanol–water partition coefficient (Wildman–Crippen LogP) is 4.76. The molecule has 0 aliphatic carbocycles. The Morgan fingerprint density at radius 2 is 1.75 bits per heavy atom. The third kappa shape index (κ3) is 5.30. The predicted molar refractivity (Wildman–Crippen MR) is 111 cm³/mol. The number of benzene rings is 2. The molecule has 3 aromatic rings. The first-order chi connectivity index (χ1) is 13.7. The fraction of sp³-hybridized carbons (Fsp3) is 0.227. The summed E-state index contributed by atoms with van der Waals surface area (Å²) in [5.41, 5.74) is 1.00. The van der Waals surface area contributed by atoms with E-state index >= 15 is 0 Å². The van der Waals surface area contributed by atoms with Crippen molar-refractivity contribution in [2.75, 3.05) is 23.8 Å². The molecular formula is C22H24N4O2. The Hall–Kier alpha value is -3.41. The second kappa shape index (κ2) is 9.50. The third-order valence-corrected chi connectivity index (χ3v) is 4.21. The molecule has 0 bridgehead atoms. The van der Waals surface area contributed by atoms with Crippen molar-refractivity contribution in [2.24, 2.45) is 0 Å². The Bertz CT molecular complexity index is 898. The van der Waals surface area contributed by atoms with Gasteiger partial charge < -0.3 is 15.0 Å². The fourth-order valence-corrected chi connectivity index (χ4v) is 2.62. The molecule has 3 rings (SSSR count). The second-order valence-corrected chi connectivity index (χ2v) is 6.43. The van der Waals surface area contributed by atoms with E-state index in [2.05, 4.69) is 22.2 Å². The lowest BCUT2D eigenvalue weighted by Crippen LogP contribution is -2.21. The first-order valence-corrected chi connectivity index (χ1v) is 9.33. The van der Waals surface area contributed by atoms with Crippen LogP contribution in [0.2, 0.25) is 0 Å². The molecule has 1 heterocycles. The van der Waals surface area contributed by atoms with Gasteiger partial charge in [-0.05, 0) is 42.8 Å². The van der Waals surface area contributed by atoms with Crippen molar-refractivity contribution in [3.05, 3.63) is 72.7 Å². The normalized spacial score (nSPS) is 10.4. The van der Waals surface area contributed by atoms with Crippen LogP contribution in [0.1, 0.15) is 30.3 Å². The van der Waals surface area contributed by atoms with Crippen molar-refractivity contribution >= 4 is 17.4 Å². The van der Waals surface area contributed by atoms with Crippen molar-refractivity contribution in [1.29, 1.82) is 0 Å². The monoisotopic (exact) mass is 376 g/mol. The van der Waals surface area contributed by atoms with Crippen molar-refractivity contribution in [3.8, 4) is 11.5 Å². The molecule has 0 unspecified atom stereocenters. The van der Waals surface area contributed by atoms with Crippen molar-refractivity contribution < 1.29 is 9.53 Å². The van der Waals surface area contributed by atoms with Crippen LogP contribution >= 0.6 is 0 Å². The number of carbonyl (C=O) groups is 1. The minimum Gasteiger partial charge on any atom is -0.457 e. The van der Waals surface area contributed by atoms with Gasteiger partial charge in [0.25, 0.3) is 5.91 Å². The van der Waals surface area contributed by atoms with Crippen LogP contribution < -0.4 is 15.0 Å². The molecule has 0 saturated heterocycles. The molecule has 0 aliphatic heterocycles. The van der Waals surface area contributed by atoms with E-state index in [-0.39, 0.29) is 5.91 Å². The van der Waals surface area contributed by atoms with Crippen LogP contribution in [0.3, 0.4) is 0 Å². The Labute approximate surface area is 165 Å². The van der Waals surface area contributed by atoms with E-state index in [0.717, 1.165) is 31.0 Å². The highest BCUT2D eigenvalue weighted by atomic mass is 16.5. The molecule has 6 heteroatoms. The topological polar surface area (TPSA) is 67.4 Å². The highest BCUT2D eigenvalue weighted by Gasteiger charge is 2.11. The zero-order valence-electron chi connectivity index (χ0n) is 16.1. The van der Waals surface area contributed by atoms with Crippen LogP contribution in [-0.2, 0) is 0 Å². The van der Waals surface area contributed by atoms with Gasteiger partial charge in [-0.2, -0.15) is 0 Å². The first-order valence-electron chi connectivity index (χ1n) is 9.33. The van der Waals surface area contributed by atoms with E-state index in [1.165, 1.54) is 6.33 Å². The number of nitrogens with zero attached hydrogens (tertiary/aromatic N) is 3. The van der Waals surface area contributed by atoms with Crippen LogP contribution in [0.15, 0.2) is 67.0 Å². The summed E-state index contributed by atoms with van der Waals surface area (Å²) in [6.45, 7) is 3.03. The standard InChI is InChI=1S/C22H24N4O2/c1-3-4-14-26(2)21-15-20(23-16-24-21)22(27)25-17-10-12-19(13-11-17)28-18-8-6-5-7-9-18/h5-13,15-16H,3-4,14H2,1-2H3,(H,25,27). The molecule has 144 valence electrons. The summed E-state index contributed by atoms with van der Waals surface area (Å²) in [4.78, 5) is 22.9. The first kappa shape index (κ1) is 19.4. The average molecular weight is 376 g/mol. The quantitative estimate of drug-likeness (QED) is 0.614. The maximum Gasteiger partial charge on any atom is 0.274 e. The summed E-state index contributed by atoms with van der Waals surface area (Å²) in [7, 11) is 1.96. The number of para-hydroxylation sites is 1. The number of nitrogens with one attached hydrogen (secondary N) is 1.